The number of benzene rings is 1. The number of rotatable bonds is 10. The summed E-state index contributed by atoms with van der Waals surface area (Å²) in [6.45, 7) is 0.136. The van der Waals surface area contributed by atoms with Crippen LogP contribution in [-0.4, -0.2) is 128 Å². The molecule has 0 bridgehead atoms. The Kier molecular flexibility index (Phi) is 9.90. The first-order valence-electron chi connectivity index (χ1n) is 11.2. The number of aliphatic hydroxyl groups is 7. The highest BCUT2D eigenvalue weighted by molar-refractivity contribution is 5.35. The molecule has 0 radical (unpaired) electrons. The van der Waals surface area contributed by atoms with Crippen molar-refractivity contribution in [2.45, 2.75) is 74.4 Å². The monoisotopic (exact) mass is 521 g/mol. The molecule has 3 rings (SSSR count). The Labute approximate surface area is 205 Å². The van der Waals surface area contributed by atoms with Gasteiger partial charge in [0.15, 0.2) is 12.6 Å². The lowest BCUT2D eigenvalue weighted by molar-refractivity contribution is -0.384. The van der Waals surface area contributed by atoms with E-state index in [2.05, 4.69) is 0 Å². The summed E-state index contributed by atoms with van der Waals surface area (Å²) in [5.41, 5.74) is -0.155. The number of nitro groups is 1. The molecule has 2 aliphatic heterocycles. The molecule has 1 aromatic rings. The molecule has 0 saturated carbocycles. The lowest BCUT2D eigenvalue weighted by Gasteiger charge is -2.41. The first-order valence-corrected chi connectivity index (χ1v) is 11.2. The average Bonchev–Trinajstić information content (AvgIpc) is 2.87. The molecule has 0 amide bonds. The largest absolute Gasteiger partial charge is 0.491 e. The Hall–Kier alpha value is -2.02. The molecule has 0 spiro atoms. The molecule has 2 saturated heterocycles. The molecule has 11 atom stereocenters. The molecule has 204 valence electrons. The fraction of sp³-hybridized carbons (Fsp3) is 0.714. The van der Waals surface area contributed by atoms with Crippen LogP contribution in [0.5, 0.6) is 5.75 Å². The summed E-state index contributed by atoms with van der Waals surface area (Å²) in [5, 5.41) is 80.5. The molecule has 1 unspecified atom stereocenters. The first-order chi connectivity index (χ1) is 17.0. The minimum Gasteiger partial charge on any atom is -0.491 e. The molecular formula is C21H31NO14. The molecule has 2 fully saturated rings. The van der Waals surface area contributed by atoms with E-state index in [9.17, 15) is 45.9 Å². The highest BCUT2D eigenvalue weighted by Gasteiger charge is 2.46. The Morgan fingerprint density at radius 2 is 1.50 bits per heavy atom. The van der Waals surface area contributed by atoms with Gasteiger partial charge in [0.05, 0.1) is 24.2 Å². The summed E-state index contributed by atoms with van der Waals surface area (Å²) < 4.78 is 27.5. The van der Waals surface area contributed by atoms with Crippen LogP contribution in [0.3, 0.4) is 0 Å². The second-order valence-electron chi connectivity index (χ2n) is 8.53. The third-order valence-electron chi connectivity index (χ3n) is 5.91. The quantitative estimate of drug-likeness (QED) is 0.120. The van der Waals surface area contributed by atoms with Crippen LogP contribution in [-0.2, 0) is 18.9 Å². The molecule has 15 heteroatoms. The van der Waals surface area contributed by atoms with Crippen LogP contribution in [0.1, 0.15) is 6.92 Å². The number of hydrogen-bond acceptors (Lipinski definition) is 14. The molecular weight excluding hydrogens is 490 g/mol. The maximum Gasteiger partial charge on any atom is 0.269 e. The van der Waals surface area contributed by atoms with Gasteiger partial charge in [0.25, 0.3) is 5.69 Å². The van der Waals surface area contributed by atoms with Gasteiger partial charge in [0.1, 0.15) is 61.2 Å². The van der Waals surface area contributed by atoms with Crippen LogP contribution in [0.4, 0.5) is 5.69 Å². The maximum atomic E-state index is 10.8. The van der Waals surface area contributed by atoms with Gasteiger partial charge in [-0.1, -0.05) is 0 Å². The van der Waals surface area contributed by atoms with Gasteiger partial charge in [0, 0.05) is 12.1 Å². The van der Waals surface area contributed by atoms with Crippen molar-refractivity contribution in [2.75, 3.05) is 19.8 Å². The van der Waals surface area contributed by atoms with Gasteiger partial charge in [-0.05, 0) is 19.1 Å². The van der Waals surface area contributed by atoms with Crippen molar-refractivity contribution in [3.63, 3.8) is 0 Å². The van der Waals surface area contributed by atoms with E-state index in [4.69, 9.17) is 23.7 Å². The lowest BCUT2D eigenvalue weighted by atomic mass is 9.99. The summed E-state index contributed by atoms with van der Waals surface area (Å²) >= 11 is 0. The van der Waals surface area contributed by atoms with Crippen molar-refractivity contribution in [3.8, 4) is 5.75 Å². The Balaban J connectivity index is 1.69. The number of non-ortho nitro benzene ring substituents is 1. The summed E-state index contributed by atoms with van der Waals surface area (Å²) in [5.74, 6) is 0.226. The highest BCUT2D eigenvalue weighted by atomic mass is 16.7. The summed E-state index contributed by atoms with van der Waals surface area (Å²) in [6.07, 6.45) is -15.6. The van der Waals surface area contributed by atoms with E-state index in [1.54, 1.807) is 0 Å². The molecule has 36 heavy (non-hydrogen) atoms. The standard InChI is InChI=1S/C21H31NO14/c1-9-14(24)16(26)18(28)20(34-9)33-8-12(7-32-11-4-2-10(3-5-11)22(30)31)35-21-19(29)17(27)15(25)13(6-23)36-21/h2-5,9,12-21,23-29H,6-8H2,1H3/t9-,12?,13+,14+,15-,16+,17-,18-,19+,20+,21+/m0/s1. The van der Waals surface area contributed by atoms with E-state index in [1.807, 2.05) is 0 Å². The van der Waals surface area contributed by atoms with Crippen LogP contribution in [0.25, 0.3) is 0 Å². The van der Waals surface area contributed by atoms with Crippen molar-refractivity contribution in [1.82, 2.24) is 0 Å². The number of ether oxygens (including phenoxy) is 5. The van der Waals surface area contributed by atoms with Gasteiger partial charge in [-0.3, -0.25) is 10.1 Å². The molecule has 1 aromatic carbocycles. The topological polar surface area (TPSA) is 231 Å². The first kappa shape index (κ1) is 28.5. The normalized spacial score (nSPS) is 37.9. The Morgan fingerprint density at radius 1 is 0.889 bits per heavy atom. The zero-order chi connectivity index (χ0) is 26.6. The summed E-state index contributed by atoms with van der Waals surface area (Å²) in [6, 6.07) is 5.13. The van der Waals surface area contributed by atoms with Crippen LogP contribution in [0, 0.1) is 10.1 Å². The van der Waals surface area contributed by atoms with E-state index in [0.717, 1.165) is 0 Å². The van der Waals surface area contributed by atoms with Gasteiger partial charge >= 0.3 is 0 Å². The van der Waals surface area contributed by atoms with Crippen LogP contribution >= 0.6 is 0 Å². The molecule has 15 nitrogen and oxygen atoms in total. The number of aliphatic hydroxyl groups excluding tert-OH is 7. The zero-order valence-electron chi connectivity index (χ0n) is 19.2. The smallest absolute Gasteiger partial charge is 0.269 e. The fourth-order valence-corrected chi connectivity index (χ4v) is 3.70. The molecule has 0 aliphatic carbocycles. The van der Waals surface area contributed by atoms with E-state index in [-0.39, 0.29) is 24.7 Å². The number of nitrogens with zero attached hydrogens (tertiary/aromatic N) is 1. The summed E-state index contributed by atoms with van der Waals surface area (Å²) in [4.78, 5) is 10.2. The van der Waals surface area contributed by atoms with Crippen LogP contribution < -0.4 is 4.74 Å². The molecule has 7 N–H and O–H groups in total. The third-order valence-corrected chi connectivity index (χ3v) is 5.91. The van der Waals surface area contributed by atoms with Crippen molar-refractivity contribution >= 4 is 5.69 Å². The Morgan fingerprint density at radius 3 is 2.11 bits per heavy atom. The van der Waals surface area contributed by atoms with Gasteiger partial charge < -0.3 is 59.4 Å². The van der Waals surface area contributed by atoms with E-state index in [0.29, 0.717) is 0 Å². The molecule has 2 heterocycles. The molecule has 0 aromatic heterocycles. The van der Waals surface area contributed by atoms with Crippen molar-refractivity contribution < 1.29 is 64.4 Å². The highest BCUT2D eigenvalue weighted by Crippen LogP contribution is 2.25. The predicted molar refractivity (Wildman–Crippen MR) is 116 cm³/mol. The SMILES string of the molecule is C[C@@H]1O[C@@H](OCC(COc2ccc([N+](=O)[O-])cc2)O[C@@H]2O[C@H](CO)[C@H](O)[C@H](O)[C@H]2O)[C@@H](O)[C@H](O)[C@@H]1O. The number of hydrogen-bond donors (Lipinski definition) is 7. The van der Waals surface area contributed by atoms with Crippen LogP contribution in [0.15, 0.2) is 24.3 Å². The third kappa shape index (κ3) is 6.64. The maximum absolute atomic E-state index is 10.8. The minimum atomic E-state index is -1.71. The average molecular weight is 521 g/mol. The predicted octanol–water partition coefficient (Wildman–Crippen LogP) is -3.00. The zero-order valence-corrected chi connectivity index (χ0v) is 19.2. The van der Waals surface area contributed by atoms with E-state index in [1.165, 1.54) is 31.2 Å². The van der Waals surface area contributed by atoms with Crippen molar-refractivity contribution in [1.29, 1.82) is 0 Å². The summed E-state index contributed by atoms with van der Waals surface area (Å²) in [7, 11) is 0. The van der Waals surface area contributed by atoms with Gasteiger partial charge in [-0.25, -0.2) is 0 Å². The van der Waals surface area contributed by atoms with E-state index < -0.39 is 79.0 Å². The lowest BCUT2D eigenvalue weighted by Crippen LogP contribution is -2.60. The fourth-order valence-electron chi connectivity index (χ4n) is 3.70. The second-order valence-corrected chi connectivity index (χ2v) is 8.53. The minimum absolute atomic E-state index is 0.155. The van der Waals surface area contributed by atoms with Crippen molar-refractivity contribution in [2.24, 2.45) is 0 Å². The van der Waals surface area contributed by atoms with Gasteiger partial charge in [-0.15, -0.1) is 0 Å². The van der Waals surface area contributed by atoms with Crippen molar-refractivity contribution in [3.05, 3.63) is 34.4 Å². The van der Waals surface area contributed by atoms with Gasteiger partial charge in [0.2, 0.25) is 0 Å². The number of nitro benzene ring substituents is 1. The van der Waals surface area contributed by atoms with Gasteiger partial charge in [-0.2, -0.15) is 0 Å². The second kappa shape index (κ2) is 12.5. The van der Waals surface area contributed by atoms with Crippen LogP contribution in [0.2, 0.25) is 0 Å². The molecule has 2 aliphatic rings. The van der Waals surface area contributed by atoms with E-state index >= 15 is 0 Å². The Bertz CT molecular complexity index is 840.